The van der Waals surface area contributed by atoms with Gasteiger partial charge in [-0.3, -0.25) is 4.79 Å². The summed E-state index contributed by atoms with van der Waals surface area (Å²) < 4.78 is 10.3. The normalized spacial score (nSPS) is 14.6. The van der Waals surface area contributed by atoms with Crippen LogP contribution in [0, 0.1) is 0 Å². The van der Waals surface area contributed by atoms with Crippen molar-refractivity contribution < 1.29 is 18.7 Å². The fourth-order valence-electron chi connectivity index (χ4n) is 1.91. The molecule has 0 unspecified atom stereocenters. The topological polar surface area (TPSA) is 69.4 Å². The summed E-state index contributed by atoms with van der Waals surface area (Å²) in [4.78, 5) is 27.5. The number of oxazole rings is 1. The number of aromatic nitrogens is 1. The van der Waals surface area contributed by atoms with Gasteiger partial charge >= 0.3 is 5.97 Å². The lowest BCUT2D eigenvalue weighted by Gasteiger charge is -2.00. The Labute approximate surface area is 109 Å². The minimum Gasteiger partial charge on any atom is -0.460 e. The monoisotopic (exact) mass is 259 g/mol. The predicted octanol–water partition coefficient (Wildman–Crippen LogP) is 2.45. The molecule has 1 aliphatic carbocycles. The SMILES string of the molecule is CCOC(=O)C(=O)c1ccc2oc(C3CC3)nc2c1. The zero-order chi connectivity index (χ0) is 13.4. The molecule has 1 aromatic carbocycles. The molecule has 0 spiro atoms. The second kappa shape index (κ2) is 4.50. The van der Waals surface area contributed by atoms with Gasteiger partial charge in [-0.1, -0.05) is 0 Å². The first-order valence-corrected chi connectivity index (χ1v) is 6.31. The van der Waals surface area contributed by atoms with Crippen LogP contribution < -0.4 is 0 Å². The van der Waals surface area contributed by atoms with Gasteiger partial charge in [0.1, 0.15) is 5.52 Å². The molecule has 1 heterocycles. The molecule has 1 saturated carbocycles. The number of nitrogens with zero attached hydrogens (tertiary/aromatic N) is 1. The Hall–Kier alpha value is -2.17. The highest BCUT2D eigenvalue weighted by Crippen LogP contribution is 2.40. The third-order valence-electron chi connectivity index (χ3n) is 3.05. The maximum absolute atomic E-state index is 11.8. The number of Topliss-reactive ketones (excluding diaryl/α,β-unsaturated/α-hetero) is 1. The fraction of sp³-hybridized carbons (Fsp3) is 0.357. The molecule has 1 fully saturated rings. The number of ether oxygens (including phenoxy) is 1. The van der Waals surface area contributed by atoms with Crippen LogP contribution in [0.2, 0.25) is 0 Å². The number of ketones is 1. The standard InChI is InChI=1S/C14H13NO4/c1-2-18-14(17)12(16)9-5-6-11-10(7-9)15-13(19-11)8-3-4-8/h5-8H,2-4H2,1H3. The third kappa shape index (κ3) is 2.23. The minimum atomic E-state index is -0.840. The van der Waals surface area contributed by atoms with Gasteiger partial charge in [-0.15, -0.1) is 0 Å². The van der Waals surface area contributed by atoms with Crippen LogP contribution in [-0.2, 0) is 9.53 Å². The maximum atomic E-state index is 11.8. The van der Waals surface area contributed by atoms with Gasteiger partial charge in [-0.25, -0.2) is 9.78 Å². The smallest absolute Gasteiger partial charge is 0.379 e. The summed E-state index contributed by atoms with van der Waals surface area (Å²) in [7, 11) is 0. The molecule has 98 valence electrons. The number of hydrogen-bond acceptors (Lipinski definition) is 5. The Bertz CT molecular complexity index is 655. The highest BCUT2D eigenvalue weighted by Gasteiger charge is 2.29. The lowest BCUT2D eigenvalue weighted by Crippen LogP contribution is -2.17. The molecular weight excluding hydrogens is 246 g/mol. The van der Waals surface area contributed by atoms with Crippen LogP contribution in [-0.4, -0.2) is 23.3 Å². The lowest BCUT2D eigenvalue weighted by molar-refractivity contribution is -0.137. The van der Waals surface area contributed by atoms with E-state index in [1.165, 1.54) is 0 Å². The van der Waals surface area contributed by atoms with Crippen LogP contribution in [0.25, 0.3) is 11.1 Å². The Morgan fingerprint density at radius 3 is 2.89 bits per heavy atom. The van der Waals surface area contributed by atoms with Crippen molar-refractivity contribution in [1.29, 1.82) is 0 Å². The molecule has 1 aliphatic rings. The number of carbonyl (C=O) groups is 2. The molecule has 5 heteroatoms. The van der Waals surface area contributed by atoms with Gasteiger partial charge in [-0.2, -0.15) is 0 Å². The highest BCUT2D eigenvalue weighted by atomic mass is 16.5. The Morgan fingerprint density at radius 2 is 2.21 bits per heavy atom. The first kappa shape index (κ1) is 11.9. The molecular formula is C14H13NO4. The zero-order valence-corrected chi connectivity index (χ0v) is 10.5. The molecule has 1 aromatic heterocycles. The van der Waals surface area contributed by atoms with E-state index in [-0.39, 0.29) is 12.2 Å². The van der Waals surface area contributed by atoms with Crippen LogP contribution in [0.4, 0.5) is 0 Å². The molecule has 19 heavy (non-hydrogen) atoms. The number of benzene rings is 1. The van der Waals surface area contributed by atoms with Crippen molar-refractivity contribution in [2.45, 2.75) is 25.7 Å². The quantitative estimate of drug-likeness (QED) is 0.479. The van der Waals surface area contributed by atoms with Gasteiger partial charge in [0.05, 0.1) is 6.61 Å². The number of fused-ring (bicyclic) bond motifs is 1. The van der Waals surface area contributed by atoms with Crippen molar-refractivity contribution in [2.75, 3.05) is 6.61 Å². The minimum absolute atomic E-state index is 0.183. The summed E-state index contributed by atoms with van der Waals surface area (Å²) in [5.41, 5.74) is 1.53. The van der Waals surface area contributed by atoms with Crippen LogP contribution in [0.3, 0.4) is 0 Å². The maximum Gasteiger partial charge on any atom is 0.379 e. The molecule has 0 saturated heterocycles. The second-order valence-electron chi connectivity index (χ2n) is 4.56. The van der Waals surface area contributed by atoms with E-state index < -0.39 is 11.8 Å². The van der Waals surface area contributed by atoms with Crippen molar-refractivity contribution in [1.82, 2.24) is 4.98 Å². The largest absolute Gasteiger partial charge is 0.460 e. The van der Waals surface area contributed by atoms with Crippen LogP contribution >= 0.6 is 0 Å². The Morgan fingerprint density at radius 1 is 1.42 bits per heavy atom. The molecule has 0 bridgehead atoms. The van der Waals surface area contributed by atoms with E-state index in [1.54, 1.807) is 25.1 Å². The first-order valence-electron chi connectivity index (χ1n) is 6.31. The molecule has 0 atom stereocenters. The van der Waals surface area contributed by atoms with Gasteiger partial charge in [0.2, 0.25) is 0 Å². The van der Waals surface area contributed by atoms with E-state index in [9.17, 15) is 9.59 Å². The predicted molar refractivity (Wildman–Crippen MR) is 66.9 cm³/mol. The first-order chi connectivity index (χ1) is 9.19. The van der Waals surface area contributed by atoms with Gasteiger partial charge in [0, 0.05) is 11.5 Å². The van der Waals surface area contributed by atoms with E-state index in [0.717, 1.165) is 18.7 Å². The van der Waals surface area contributed by atoms with Crippen molar-refractivity contribution in [3.8, 4) is 0 Å². The average Bonchev–Trinajstić information content (AvgIpc) is 3.17. The van der Waals surface area contributed by atoms with Crippen molar-refractivity contribution in [3.63, 3.8) is 0 Å². The second-order valence-corrected chi connectivity index (χ2v) is 4.56. The summed E-state index contributed by atoms with van der Waals surface area (Å²) in [5.74, 6) is -0.361. The van der Waals surface area contributed by atoms with E-state index >= 15 is 0 Å². The third-order valence-corrected chi connectivity index (χ3v) is 3.05. The van der Waals surface area contributed by atoms with Crippen LogP contribution in [0.15, 0.2) is 22.6 Å². The van der Waals surface area contributed by atoms with Gasteiger partial charge in [-0.05, 0) is 38.0 Å². The molecule has 0 N–H and O–H groups in total. The van der Waals surface area contributed by atoms with Crippen molar-refractivity contribution >= 4 is 22.9 Å². The summed E-state index contributed by atoms with van der Waals surface area (Å²) in [6, 6.07) is 4.80. The lowest BCUT2D eigenvalue weighted by atomic mass is 10.1. The average molecular weight is 259 g/mol. The summed E-state index contributed by atoms with van der Waals surface area (Å²) >= 11 is 0. The van der Waals surface area contributed by atoms with Crippen LogP contribution in [0.5, 0.6) is 0 Å². The molecule has 0 amide bonds. The van der Waals surface area contributed by atoms with E-state index in [0.29, 0.717) is 17.0 Å². The Balaban J connectivity index is 1.92. The summed E-state index contributed by atoms with van der Waals surface area (Å²) in [6.45, 7) is 1.84. The summed E-state index contributed by atoms with van der Waals surface area (Å²) in [5, 5.41) is 0. The van der Waals surface area contributed by atoms with Crippen LogP contribution in [0.1, 0.15) is 41.9 Å². The molecule has 0 radical (unpaired) electrons. The van der Waals surface area contributed by atoms with Crippen molar-refractivity contribution in [3.05, 3.63) is 29.7 Å². The zero-order valence-electron chi connectivity index (χ0n) is 10.5. The fourth-order valence-corrected chi connectivity index (χ4v) is 1.91. The number of rotatable bonds is 4. The van der Waals surface area contributed by atoms with E-state index in [4.69, 9.17) is 9.15 Å². The van der Waals surface area contributed by atoms with E-state index in [2.05, 4.69) is 4.98 Å². The van der Waals surface area contributed by atoms with Gasteiger partial charge < -0.3 is 9.15 Å². The Kier molecular flexibility index (Phi) is 2.81. The highest BCUT2D eigenvalue weighted by molar-refractivity contribution is 6.40. The van der Waals surface area contributed by atoms with E-state index in [1.807, 2.05) is 0 Å². The molecule has 0 aliphatic heterocycles. The molecule has 5 nitrogen and oxygen atoms in total. The molecule has 3 rings (SSSR count). The summed E-state index contributed by atoms with van der Waals surface area (Å²) in [6.07, 6.45) is 2.20. The number of carbonyl (C=O) groups excluding carboxylic acids is 2. The van der Waals surface area contributed by atoms with Crippen molar-refractivity contribution in [2.24, 2.45) is 0 Å². The number of hydrogen-bond donors (Lipinski definition) is 0. The van der Waals surface area contributed by atoms with Gasteiger partial charge in [0.15, 0.2) is 11.5 Å². The molecule has 2 aromatic rings. The van der Waals surface area contributed by atoms with Gasteiger partial charge in [0.25, 0.3) is 5.78 Å². The number of esters is 1.